The molecule has 0 aliphatic carbocycles. The number of anilines is 2. The van der Waals surface area contributed by atoms with Crippen LogP contribution in [0.1, 0.15) is 12.8 Å². The van der Waals surface area contributed by atoms with Crippen LogP contribution >= 0.6 is 11.6 Å². The van der Waals surface area contributed by atoms with Crippen LogP contribution in [-0.4, -0.2) is 33.2 Å². The van der Waals surface area contributed by atoms with Crippen LogP contribution in [0.3, 0.4) is 0 Å². The number of hydrogen-bond donors (Lipinski definition) is 1. The van der Waals surface area contributed by atoms with Crippen molar-refractivity contribution in [3.05, 3.63) is 53.6 Å². The Kier molecular flexibility index (Phi) is 5.68. The first kappa shape index (κ1) is 18.5. The molecule has 2 aromatic carbocycles. The van der Waals surface area contributed by atoms with Gasteiger partial charge in [0.15, 0.2) is 0 Å². The molecule has 0 bridgehead atoms. The SMILES string of the molecule is O=C(CCOc1ccccc1)Nc1ccc(Cl)c(N2CCCS2(=O)=O)c1. The highest BCUT2D eigenvalue weighted by atomic mass is 35.5. The fraction of sp³-hybridized carbons (Fsp3) is 0.278. The molecule has 1 fully saturated rings. The third-order valence-electron chi connectivity index (χ3n) is 3.94. The minimum Gasteiger partial charge on any atom is -0.493 e. The highest BCUT2D eigenvalue weighted by molar-refractivity contribution is 7.93. The molecular formula is C18H19ClN2O4S. The number of rotatable bonds is 6. The number of carbonyl (C=O) groups excluding carboxylic acids is 1. The maximum Gasteiger partial charge on any atom is 0.235 e. The van der Waals surface area contributed by atoms with E-state index in [1.807, 2.05) is 30.3 Å². The van der Waals surface area contributed by atoms with Gasteiger partial charge >= 0.3 is 0 Å². The van der Waals surface area contributed by atoms with Crippen molar-refractivity contribution < 1.29 is 17.9 Å². The summed E-state index contributed by atoms with van der Waals surface area (Å²) in [5, 5.41) is 3.08. The van der Waals surface area contributed by atoms with Crippen LogP contribution in [0, 0.1) is 0 Å². The zero-order chi connectivity index (χ0) is 18.6. The molecule has 26 heavy (non-hydrogen) atoms. The van der Waals surface area contributed by atoms with Crippen molar-refractivity contribution in [2.75, 3.05) is 28.5 Å². The van der Waals surface area contributed by atoms with Crippen molar-refractivity contribution >= 4 is 38.9 Å². The summed E-state index contributed by atoms with van der Waals surface area (Å²) in [6.45, 7) is 0.640. The van der Waals surface area contributed by atoms with Gasteiger partial charge in [0.1, 0.15) is 5.75 Å². The van der Waals surface area contributed by atoms with Crippen molar-refractivity contribution in [3.63, 3.8) is 0 Å². The molecule has 1 N–H and O–H groups in total. The molecule has 1 aliphatic heterocycles. The summed E-state index contributed by atoms with van der Waals surface area (Å²) in [5.74, 6) is 0.586. The second kappa shape index (κ2) is 7.97. The molecule has 1 aliphatic rings. The Morgan fingerprint density at radius 3 is 2.65 bits per heavy atom. The Balaban J connectivity index is 1.61. The highest BCUT2D eigenvalue weighted by Gasteiger charge is 2.30. The van der Waals surface area contributed by atoms with Crippen LogP contribution in [0.25, 0.3) is 0 Å². The van der Waals surface area contributed by atoms with E-state index < -0.39 is 10.0 Å². The summed E-state index contributed by atoms with van der Waals surface area (Å²) >= 11 is 6.15. The van der Waals surface area contributed by atoms with E-state index in [2.05, 4.69) is 5.32 Å². The molecule has 1 amide bonds. The summed E-state index contributed by atoms with van der Waals surface area (Å²) < 4.78 is 31.0. The minimum atomic E-state index is -3.34. The lowest BCUT2D eigenvalue weighted by Gasteiger charge is -2.19. The molecular weight excluding hydrogens is 376 g/mol. The van der Waals surface area contributed by atoms with Gasteiger partial charge in [0.2, 0.25) is 15.9 Å². The lowest BCUT2D eigenvalue weighted by Crippen LogP contribution is -2.25. The normalized spacial score (nSPS) is 15.7. The Morgan fingerprint density at radius 1 is 1.19 bits per heavy atom. The third-order valence-corrected chi connectivity index (χ3v) is 6.11. The van der Waals surface area contributed by atoms with Gasteiger partial charge in [0, 0.05) is 12.2 Å². The number of nitrogens with zero attached hydrogens (tertiary/aromatic N) is 1. The maximum atomic E-state index is 12.1. The molecule has 1 heterocycles. The summed E-state index contributed by atoms with van der Waals surface area (Å²) in [4.78, 5) is 12.1. The van der Waals surface area contributed by atoms with Gasteiger partial charge < -0.3 is 10.1 Å². The Labute approximate surface area is 157 Å². The van der Waals surface area contributed by atoms with E-state index in [1.165, 1.54) is 4.31 Å². The second-order valence-electron chi connectivity index (χ2n) is 5.87. The van der Waals surface area contributed by atoms with Crippen molar-refractivity contribution in [1.29, 1.82) is 0 Å². The van der Waals surface area contributed by atoms with E-state index in [0.717, 1.165) is 0 Å². The van der Waals surface area contributed by atoms with Gasteiger partial charge in [-0.25, -0.2) is 8.42 Å². The number of benzene rings is 2. The predicted octanol–water partition coefficient (Wildman–Crippen LogP) is 3.29. The first-order chi connectivity index (χ1) is 12.5. The van der Waals surface area contributed by atoms with E-state index in [4.69, 9.17) is 16.3 Å². The number of halogens is 1. The number of ether oxygens (including phenoxy) is 1. The van der Waals surface area contributed by atoms with Gasteiger partial charge in [-0.05, 0) is 36.8 Å². The lowest BCUT2D eigenvalue weighted by atomic mass is 10.2. The molecule has 6 nitrogen and oxygen atoms in total. The summed E-state index contributed by atoms with van der Waals surface area (Å²) in [7, 11) is -3.34. The average molecular weight is 395 g/mol. The number of carbonyl (C=O) groups is 1. The van der Waals surface area contributed by atoms with E-state index >= 15 is 0 Å². The molecule has 0 radical (unpaired) electrons. The van der Waals surface area contributed by atoms with Crippen LogP contribution in [0.15, 0.2) is 48.5 Å². The largest absolute Gasteiger partial charge is 0.493 e. The van der Waals surface area contributed by atoms with Crippen molar-refractivity contribution in [3.8, 4) is 5.75 Å². The van der Waals surface area contributed by atoms with Gasteiger partial charge in [-0.1, -0.05) is 29.8 Å². The Hall–Kier alpha value is -2.25. The molecule has 0 atom stereocenters. The summed E-state index contributed by atoms with van der Waals surface area (Å²) in [6.07, 6.45) is 0.737. The molecule has 8 heteroatoms. The topological polar surface area (TPSA) is 75.7 Å². The predicted molar refractivity (Wildman–Crippen MR) is 102 cm³/mol. The third kappa shape index (κ3) is 4.47. The number of sulfonamides is 1. The van der Waals surface area contributed by atoms with Crippen LogP contribution in [-0.2, 0) is 14.8 Å². The monoisotopic (exact) mass is 394 g/mol. The smallest absolute Gasteiger partial charge is 0.235 e. The fourth-order valence-electron chi connectivity index (χ4n) is 2.69. The van der Waals surface area contributed by atoms with E-state index in [-0.39, 0.29) is 24.7 Å². The number of hydrogen-bond acceptors (Lipinski definition) is 4. The Morgan fingerprint density at radius 2 is 1.96 bits per heavy atom. The zero-order valence-corrected chi connectivity index (χ0v) is 15.6. The van der Waals surface area contributed by atoms with Gasteiger partial charge in [0.05, 0.1) is 29.5 Å². The van der Waals surface area contributed by atoms with Crippen LogP contribution in [0.2, 0.25) is 5.02 Å². The molecule has 138 valence electrons. The van der Waals surface area contributed by atoms with Gasteiger partial charge in [-0.15, -0.1) is 0 Å². The minimum absolute atomic E-state index is 0.108. The second-order valence-corrected chi connectivity index (χ2v) is 8.29. The van der Waals surface area contributed by atoms with E-state index in [1.54, 1.807) is 18.2 Å². The van der Waals surface area contributed by atoms with Gasteiger partial charge in [-0.3, -0.25) is 9.10 Å². The van der Waals surface area contributed by atoms with Crippen LogP contribution < -0.4 is 14.4 Å². The standard InChI is InChI=1S/C18H19ClN2O4S/c19-16-8-7-14(13-17(16)21-10-4-12-26(21,23)24)20-18(22)9-11-25-15-5-2-1-3-6-15/h1-3,5-8,13H,4,9-12H2,(H,20,22). The van der Waals surface area contributed by atoms with Crippen LogP contribution in [0.4, 0.5) is 11.4 Å². The molecule has 0 saturated carbocycles. The van der Waals surface area contributed by atoms with Crippen LogP contribution in [0.5, 0.6) is 5.75 Å². The van der Waals surface area contributed by atoms with E-state index in [0.29, 0.717) is 35.1 Å². The first-order valence-electron chi connectivity index (χ1n) is 8.23. The average Bonchev–Trinajstić information content (AvgIpc) is 2.96. The lowest BCUT2D eigenvalue weighted by molar-refractivity contribution is -0.116. The number of nitrogens with one attached hydrogen (secondary N) is 1. The number of amides is 1. The molecule has 1 saturated heterocycles. The Bertz CT molecular complexity index is 887. The highest BCUT2D eigenvalue weighted by Crippen LogP contribution is 2.33. The molecule has 3 rings (SSSR count). The van der Waals surface area contributed by atoms with Crippen molar-refractivity contribution in [2.24, 2.45) is 0 Å². The van der Waals surface area contributed by atoms with Gasteiger partial charge in [-0.2, -0.15) is 0 Å². The molecule has 0 unspecified atom stereocenters. The summed E-state index contributed by atoms with van der Waals surface area (Å²) in [6, 6.07) is 14.1. The van der Waals surface area contributed by atoms with Crippen molar-refractivity contribution in [2.45, 2.75) is 12.8 Å². The quantitative estimate of drug-likeness (QED) is 0.815. The number of para-hydroxylation sites is 1. The molecule has 0 spiro atoms. The molecule has 2 aromatic rings. The van der Waals surface area contributed by atoms with Gasteiger partial charge in [0.25, 0.3) is 0 Å². The van der Waals surface area contributed by atoms with Crippen molar-refractivity contribution in [1.82, 2.24) is 0 Å². The first-order valence-corrected chi connectivity index (χ1v) is 10.2. The maximum absolute atomic E-state index is 12.1. The fourth-order valence-corrected chi connectivity index (χ4v) is 4.54. The molecule has 0 aromatic heterocycles. The zero-order valence-electron chi connectivity index (χ0n) is 14.0. The van der Waals surface area contributed by atoms with E-state index in [9.17, 15) is 13.2 Å². The summed E-state index contributed by atoms with van der Waals surface area (Å²) in [5.41, 5.74) is 0.888.